The highest BCUT2D eigenvalue weighted by Crippen LogP contribution is 2.15. The Bertz CT molecular complexity index is 1110. The predicted molar refractivity (Wildman–Crippen MR) is 97.0 cm³/mol. The molecule has 27 heavy (non-hydrogen) atoms. The molecule has 7 nitrogen and oxygen atoms in total. The molecule has 2 aromatic carbocycles. The molecule has 0 aliphatic carbocycles. The molecule has 0 saturated heterocycles. The Kier molecular flexibility index (Phi) is 4.98. The van der Waals surface area contributed by atoms with E-state index in [4.69, 9.17) is 4.74 Å². The second-order valence-corrected chi connectivity index (χ2v) is 5.91. The van der Waals surface area contributed by atoms with Crippen molar-refractivity contribution in [2.75, 3.05) is 11.9 Å². The SMILES string of the molecule is Cc1ccc(NC(=O)COC(=O)c2nn(C)c(=O)c3ccccc23)cc1F. The zero-order valence-corrected chi connectivity index (χ0v) is 14.7. The van der Waals surface area contributed by atoms with Gasteiger partial charge >= 0.3 is 5.97 Å². The first-order chi connectivity index (χ1) is 12.9. The number of nitrogens with zero attached hydrogens (tertiary/aromatic N) is 2. The Labute approximate surface area is 153 Å². The maximum absolute atomic E-state index is 13.5. The molecule has 0 unspecified atom stereocenters. The van der Waals surface area contributed by atoms with Crippen molar-refractivity contribution in [1.82, 2.24) is 9.78 Å². The smallest absolute Gasteiger partial charge is 0.359 e. The van der Waals surface area contributed by atoms with E-state index < -0.39 is 24.3 Å². The van der Waals surface area contributed by atoms with E-state index >= 15 is 0 Å². The number of benzene rings is 2. The van der Waals surface area contributed by atoms with Crippen molar-refractivity contribution in [3.8, 4) is 0 Å². The highest BCUT2D eigenvalue weighted by atomic mass is 19.1. The molecule has 138 valence electrons. The molecule has 0 bridgehead atoms. The molecule has 3 rings (SSSR count). The summed E-state index contributed by atoms with van der Waals surface area (Å²) in [7, 11) is 1.42. The Morgan fingerprint density at radius 3 is 2.59 bits per heavy atom. The molecule has 3 aromatic rings. The van der Waals surface area contributed by atoms with Crippen LogP contribution < -0.4 is 10.9 Å². The summed E-state index contributed by atoms with van der Waals surface area (Å²) in [6, 6.07) is 10.7. The molecule has 0 aliphatic heterocycles. The predicted octanol–water partition coefficient (Wildman–Crippen LogP) is 2.18. The number of anilines is 1. The molecular weight excluding hydrogens is 353 g/mol. The average molecular weight is 369 g/mol. The fraction of sp³-hybridized carbons (Fsp3) is 0.158. The Balaban J connectivity index is 1.73. The van der Waals surface area contributed by atoms with Gasteiger partial charge in [0.1, 0.15) is 5.82 Å². The van der Waals surface area contributed by atoms with Crippen molar-refractivity contribution in [1.29, 1.82) is 0 Å². The Morgan fingerprint density at radius 1 is 1.19 bits per heavy atom. The van der Waals surface area contributed by atoms with Crippen LogP contribution in [-0.4, -0.2) is 28.3 Å². The zero-order chi connectivity index (χ0) is 19.6. The first-order valence-electron chi connectivity index (χ1n) is 8.06. The number of aryl methyl sites for hydroxylation is 2. The van der Waals surface area contributed by atoms with E-state index in [1.165, 1.54) is 19.2 Å². The summed E-state index contributed by atoms with van der Waals surface area (Å²) >= 11 is 0. The van der Waals surface area contributed by atoms with E-state index in [0.717, 1.165) is 4.68 Å². The summed E-state index contributed by atoms with van der Waals surface area (Å²) in [5.41, 5.74) is 0.292. The van der Waals surface area contributed by atoms with Crippen molar-refractivity contribution < 1.29 is 18.7 Å². The van der Waals surface area contributed by atoms with Crippen molar-refractivity contribution in [3.05, 3.63) is 69.9 Å². The quantitative estimate of drug-likeness (QED) is 0.712. The standard InChI is InChI=1S/C19H16FN3O4/c1-11-7-8-12(9-15(11)20)21-16(24)10-27-19(26)17-13-5-3-4-6-14(13)18(25)23(2)22-17/h3-9H,10H2,1-2H3,(H,21,24). The summed E-state index contributed by atoms with van der Waals surface area (Å²) in [4.78, 5) is 36.4. The molecule has 1 N–H and O–H groups in total. The lowest BCUT2D eigenvalue weighted by Gasteiger charge is -2.09. The van der Waals surface area contributed by atoms with Crippen LogP contribution in [0.2, 0.25) is 0 Å². The van der Waals surface area contributed by atoms with E-state index in [9.17, 15) is 18.8 Å². The third kappa shape index (κ3) is 3.84. The normalized spacial score (nSPS) is 10.6. The van der Waals surface area contributed by atoms with E-state index in [0.29, 0.717) is 16.3 Å². The Hall–Kier alpha value is -3.55. The summed E-state index contributed by atoms with van der Waals surface area (Å²) in [5, 5.41) is 7.04. The van der Waals surface area contributed by atoms with Crippen LogP contribution in [-0.2, 0) is 16.6 Å². The van der Waals surface area contributed by atoms with Gasteiger partial charge in [0, 0.05) is 18.1 Å². The monoisotopic (exact) mass is 369 g/mol. The highest BCUT2D eigenvalue weighted by molar-refractivity contribution is 6.03. The third-order valence-corrected chi connectivity index (χ3v) is 3.94. The van der Waals surface area contributed by atoms with Gasteiger partial charge in [0.2, 0.25) is 0 Å². The van der Waals surface area contributed by atoms with Crippen LogP contribution in [0.3, 0.4) is 0 Å². The molecule has 0 atom stereocenters. The van der Waals surface area contributed by atoms with Gasteiger partial charge in [-0.05, 0) is 30.7 Å². The second kappa shape index (κ2) is 7.36. The Morgan fingerprint density at radius 2 is 1.89 bits per heavy atom. The number of rotatable bonds is 4. The van der Waals surface area contributed by atoms with Gasteiger partial charge in [-0.1, -0.05) is 24.3 Å². The summed E-state index contributed by atoms with van der Waals surface area (Å²) in [6.07, 6.45) is 0. The molecule has 1 heterocycles. The number of ether oxygens (including phenoxy) is 1. The van der Waals surface area contributed by atoms with E-state index in [1.807, 2.05) is 0 Å². The van der Waals surface area contributed by atoms with Crippen molar-refractivity contribution in [2.45, 2.75) is 6.92 Å². The minimum absolute atomic E-state index is 0.0677. The van der Waals surface area contributed by atoms with Crippen molar-refractivity contribution >= 4 is 28.3 Å². The molecular formula is C19H16FN3O4. The maximum atomic E-state index is 13.5. The second-order valence-electron chi connectivity index (χ2n) is 5.91. The number of esters is 1. The van der Waals surface area contributed by atoms with Gasteiger partial charge in [-0.3, -0.25) is 9.59 Å². The molecule has 0 aliphatic rings. The molecule has 0 fully saturated rings. The number of hydrogen-bond donors (Lipinski definition) is 1. The number of carbonyl (C=O) groups is 2. The van der Waals surface area contributed by atoms with Gasteiger partial charge in [0.05, 0.1) is 5.39 Å². The first-order valence-corrected chi connectivity index (χ1v) is 8.06. The molecule has 8 heteroatoms. The maximum Gasteiger partial charge on any atom is 0.359 e. The van der Waals surface area contributed by atoms with Crippen LogP contribution in [0.4, 0.5) is 10.1 Å². The van der Waals surface area contributed by atoms with Crippen LogP contribution in [0.15, 0.2) is 47.3 Å². The van der Waals surface area contributed by atoms with Gasteiger partial charge in [0.15, 0.2) is 12.3 Å². The fourth-order valence-electron chi connectivity index (χ4n) is 2.52. The lowest BCUT2D eigenvalue weighted by atomic mass is 10.1. The van der Waals surface area contributed by atoms with Gasteiger partial charge in [0.25, 0.3) is 11.5 Å². The number of fused-ring (bicyclic) bond motifs is 1. The molecule has 0 spiro atoms. The number of amides is 1. The fourth-order valence-corrected chi connectivity index (χ4v) is 2.52. The minimum atomic E-state index is -0.841. The van der Waals surface area contributed by atoms with Gasteiger partial charge in [-0.25, -0.2) is 13.9 Å². The molecule has 1 aromatic heterocycles. The van der Waals surface area contributed by atoms with Gasteiger partial charge < -0.3 is 10.1 Å². The van der Waals surface area contributed by atoms with Crippen LogP contribution in [0, 0.1) is 12.7 Å². The minimum Gasteiger partial charge on any atom is -0.451 e. The summed E-state index contributed by atoms with van der Waals surface area (Å²) < 4.78 is 19.5. The number of hydrogen-bond acceptors (Lipinski definition) is 5. The average Bonchev–Trinajstić information content (AvgIpc) is 2.66. The number of halogens is 1. The zero-order valence-electron chi connectivity index (χ0n) is 14.7. The topological polar surface area (TPSA) is 90.3 Å². The van der Waals surface area contributed by atoms with Crippen LogP contribution in [0.5, 0.6) is 0 Å². The molecule has 0 radical (unpaired) electrons. The van der Waals surface area contributed by atoms with E-state index in [2.05, 4.69) is 10.4 Å². The van der Waals surface area contributed by atoms with Crippen LogP contribution in [0.1, 0.15) is 16.1 Å². The highest BCUT2D eigenvalue weighted by Gasteiger charge is 2.18. The van der Waals surface area contributed by atoms with E-state index in [1.54, 1.807) is 37.3 Å². The van der Waals surface area contributed by atoms with E-state index in [-0.39, 0.29) is 16.9 Å². The third-order valence-electron chi connectivity index (χ3n) is 3.94. The number of carbonyl (C=O) groups excluding carboxylic acids is 2. The van der Waals surface area contributed by atoms with Crippen molar-refractivity contribution in [2.24, 2.45) is 7.05 Å². The number of aromatic nitrogens is 2. The summed E-state index contributed by atoms with van der Waals surface area (Å²) in [5.74, 6) is -1.92. The largest absolute Gasteiger partial charge is 0.451 e. The van der Waals surface area contributed by atoms with Crippen molar-refractivity contribution in [3.63, 3.8) is 0 Å². The van der Waals surface area contributed by atoms with Crippen LogP contribution in [0.25, 0.3) is 10.8 Å². The lowest BCUT2D eigenvalue weighted by Crippen LogP contribution is -2.26. The van der Waals surface area contributed by atoms with Gasteiger partial charge in [-0.2, -0.15) is 5.10 Å². The van der Waals surface area contributed by atoms with Crippen LogP contribution >= 0.6 is 0 Å². The number of nitrogens with one attached hydrogen (secondary N) is 1. The summed E-state index contributed by atoms with van der Waals surface area (Å²) in [6.45, 7) is 1.03. The lowest BCUT2D eigenvalue weighted by molar-refractivity contribution is -0.119. The molecule has 0 saturated carbocycles. The first kappa shape index (κ1) is 18.2. The molecule has 1 amide bonds. The van der Waals surface area contributed by atoms with Gasteiger partial charge in [-0.15, -0.1) is 0 Å².